The zero-order chi connectivity index (χ0) is 15.2. The van der Waals surface area contributed by atoms with E-state index in [0.29, 0.717) is 13.1 Å². The lowest BCUT2D eigenvalue weighted by Gasteiger charge is -2.12. The maximum atomic E-state index is 12.0. The first-order valence-electron chi connectivity index (χ1n) is 7.18. The van der Waals surface area contributed by atoms with Gasteiger partial charge in [0.2, 0.25) is 5.91 Å². The summed E-state index contributed by atoms with van der Waals surface area (Å²) in [5, 5.41) is 3.61. The number of imidazole rings is 1. The summed E-state index contributed by atoms with van der Waals surface area (Å²) in [7, 11) is 0. The van der Waals surface area contributed by atoms with Crippen LogP contribution >= 0.6 is 11.8 Å². The molecular formula is C16H21N3OS. The molecule has 2 aromatic rings. The molecule has 1 unspecified atom stereocenters. The molecule has 1 aromatic carbocycles. The molecule has 1 atom stereocenters. The second-order valence-electron chi connectivity index (χ2n) is 4.83. The van der Waals surface area contributed by atoms with Crippen LogP contribution in [-0.4, -0.2) is 27.3 Å². The maximum Gasteiger partial charge on any atom is 0.233 e. The van der Waals surface area contributed by atoms with Gasteiger partial charge in [-0.1, -0.05) is 36.9 Å². The Balaban J connectivity index is 2.22. The minimum Gasteiger partial charge on any atom is -0.355 e. The highest BCUT2D eigenvalue weighted by Gasteiger charge is 2.18. The highest BCUT2D eigenvalue weighted by Crippen LogP contribution is 2.27. The molecule has 0 fully saturated rings. The number of carbonyl (C=O) groups is 1. The van der Waals surface area contributed by atoms with Crippen LogP contribution in [0.5, 0.6) is 0 Å². The second kappa shape index (κ2) is 7.31. The molecule has 0 radical (unpaired) electrons. The average Bonchev–Trinajstić information content (AvgIpc) is 2.83. The van der Waals surface area contributed by atoms with E-state index in [4.69, 9.17) is 0 Å². The summed E-state index contributed by atoms with van der Waals surface area (Å²) in [6, 6.07) is 7.99. The van der Waals surface area contributed by atoms with Gasteiger partial charge in [0, 0.05) is 13.1 Å². The van der Waals surface area contributed by atoms with Crippen molar-refractivity contribution >= 4 is 28.7 Å². The molecule has 0 aliphatic heterocycles. The van der Waals surface area contributed by atoms with Gasteiger partial charge in [-0.2, -0.15) is 0 Å². The van der Waals surface area contributed by atoms with Gasteiger partial charge < -0.3 is 9.88 Å². The minimum absolute atomic E-state index is 0.0547. The number of nitrogens with zero attached hydrogens (tertiary/aromatic N) is 2. The number of rotatable bonds is 7. The third-order valence-electron chi connectivity index (χ3n) is 3.13. The third-order valence-corrected chi connectivity index (χ3v) is 4.22. The molecular weight excluding hydrogens is 282 g/mol. The highest BCUT2D eigenvalue weighted by atomic mass is 32.2. The molecule has 1 amide bonds. The molecule has 1 heterocycles. The second-order valence-corrected chi connectivity index (χ2v) is 6.14. The first-order chi connectivity index (χ1) is 10.2. The van der Waals surface area contributed by atoms with E-state index in [-0.39, 0.29) is 11.2 Å². The first-order valence-corrected chi connectivity index (χ1v) is 8.05. The predicted octanol–water partition coefficient (Wildman–Crippen LogP) is 3.23. The van der Waals surface area contributed by atoms with E-state index in [0.717, 1.165) is 22.6 Å². The van der Waals surface area contributed by atoms with E-state index in [1.807, 2.05) is 44.2 Å². The van der Waals surface area contributed by atoms with E-state index < -0.39 is 0 Å². The first kappa shape index (κ1) is 15.6. The Morgan fingerprint density at radius 3 is 3.00 bits per heavy atom. The number of fused-ring (bicyclic) bond motifs is 1. The van der Waals surface area contributed by atoms with Gasteiger partial charge in [-0.05, 0) is 25.5 Å². The van der Waals surface area contributed by atoms with Gasteiger partial charge in [-0.15, -0.1) is 6.58 Å². The van der Waals surface area contributed by atoms with Crippen LogP contribution in [-0.2, 0) is 11.3 Å². The normalized spacial score (nSPS) is 12.3. The molecule has 0 saturated heterocycles. The van der Waals surface area contributed by atoms with Gasteiger partial charge in [0.1, 0.15) is 0 Å². The summed E-state index contributed by atoms with van der Waals surface area (Å²) in [6.45, 7) is 9.16. The Bertz CT molecular complexity index is 635. The van der Waals surface area contributed by atoms with Crippen LogP contribution in [0.1, 0.15) is 20.3 Å². The third kappa shape index (κ3) is 3.67. The van der Waals surface area contributed by atoms with E-state index >= 15 is 0 Å². The molecule has 21 heavy (non-hydrogen) atoms. The van der Waals surface area contributed by atoms with Gasteiger partial charge >= 0.3 is 0 Å². The molecule has 0 bridgehead atoms. The van der Waals surface area contributed by atoms with Crippen LogP contribution in [0, 0.1) is 0 Å². The molecule has 0 aliphatic carbocycles. The number of carbonyl (C=O) groups excluding carboxylic acids is 1. The summed E-state index contributed by atoms with van der Waals surface area (Å²) in [5.74, 6) is 0.0547. The number of aromatic nitrogens is 2. The lowest BCUT2D eigenvalue weighted by molar-refractivity contribution is -0.120. The topological polar surface area (TPSA) is 46.9 Å². The molecule has 5 heteroatoms. The molecule has 4 nitrogen and oxygen atoms in total. The number of hydrogen-bond acceptors (Lipinski definition) is 3. The quantitative estimate of drug-likeness (QED) is 0.631. The fourth-order valence-corrected chi connectivity index (χ4v) is 3.01. The molecule has 1 aromatic heterocycles. The van der Waals surface area contributed by atoms with E-state index in [9.17, 15) is 4.79 Å². The molecule has 0 aliphatic rings. The Labute approximate surface area is 129 Å². The molecule has 1 N–H and O–H groups in total. The standard InChI is InChI=1S/C16H21N3OS/c1-4-10-17-15(20)12(3)21-16-18-13-8-6-7-9-14(13)19(16)11-5-2/h5-9,12H,2,4,10-11H2,1,3H3,(H,17,20). The largest absolute Gasteiger partial charge is 0.355 e. The number of para-hydroxylation sites is 2. The van der Waals surface area contributed by atoms with Gasteiger partial charge in [0.25, 0.3) is 0 Å². The lowest BCUT2D eigenvalue weighted by atomic mass is 10.3. The van der Waals surface area contributed by atoms with Crippen molar-refractivity contribution in [1.82, 2.24) is 14.9 Å². The number of allylic oxidation sites excluding steroid dienone is 1. The minimum atomic E-state index is -0.170. The predicted molar refractivity (Wildman–Crippen MR) is 88.5 cm³/mol. The van der Waals surface area contributed by atoms with Crippen molar-refractivity contribution in [3.8, 4) is 0 Å². The molecule has 112 valence electrons. The Hall–Kier alpha value is -1.75. The van der Waals surface area contributed by atoms with Crippen molar-refractivity contribution < 1.29 is 4.79 Å². The van der Waals surface area contributed by atoms with Crippen LogP contribution in [0.15, 0.2) is 42.1 Å². The molecule has 0 saturated carbocycles. The Morgan fingerprint density at radius 2 is 2.29 bits per heavy atom. The Kier molecular flexibility index (Phi) is 5.44. The van der Waals surface area contributed by atoms with Crippen LogP contribution in [0.2, 0.25) is 0 Å². The molecule has 2 rings (SSSR count). The monoisotopic (exact) mass is 303 g/mol. The summed E-state index contributed by atoms with van der Waals surface area (Å²) in [4.78, 5) is 16.6. The number of hydrogen-bond donors (Lipinski definition) is 1. The SMILES string of the molecule is C=CCn1c(SC(C)C(=O)NCCC)nc2ccccc21. The number of nitrogens with one attached hydrogen (secondary N) is 1. The Morgan fingerprint density at radius 1 is 1.52 bits per heavy atom. The summed E-state index contributed by atoms with van der Waals surface area (Å²) in [6.07, 6.45) is 2.79. The number of thioether (sulfide) groups is 1. The van der Waals surface area contributed by atoms with Crippen molar-refractivity contribution in [2.45, 2.75) is 37.2 Å². The number of amides is 1. The summed E-state index contributed by atoms with van der Waals surface area (Å²) < 4.78 is 2.09. The smallest absolute Gasteiger partial charge is 0.233 e. The van der Waals surface area contributed by atoms with Crippen molar-refractivity contribution in [2.75, 3.05) is 6.54 Å². The van der Waals surface area contributed by atoms with E-state index in [1.54, 1.807) is 0 Å². The van der Waals surface area contributed by atoms with Crippen LogP contribution in [0.25, 0.3) is 11.0 Å². The maximum absolute atomic E-state index is 12.0. The van der Waals surface area contributed by atoms with Gasteiger partial charge in [0.15, 0.2) is 5.16 Å². The van der Waals surface area contributed by atoms with Crippen LogP contribution in [0.4, 0.5) is 0 Å². The zero-order valence-corrected chi connectivity index (χ0v) is 13.3. The van der Waals surface area contributed by atoms with Crippen molar-refractivity contribution in [2.24, 2.45) is 0 Å². The van der Waals surface area contributed by atoms with E-state index in [1.165, 1.54) is 11.8 Å². The fraction of sp³-hybridized carbons (Fsp3) is 0.375. The van der Waals surface area contributed by atoms with Crippen molar-refractivity contribution in [1.29, 1.82) is 0 Å². The summed E-state index contributed by atoms with van der Waals surface area (Å²) >= 11 is 1.49. The van der Waals surface area contributed by atoms with E-state index in [2.05, 4.69) is 21.4 Å². The lowest BCUT2D eigenvalue weighted by Crippen LogP contribution is -2.31. The van der Waals surface area contributed by atoms with Crippen LogP contribution < -0.4 is 5.32 Å². The number of benzene rings is 1. The molecule has 0 spiro atoms. The van der Waals surface area contributed by atoms with Gasteiger partial charge in [-0.3, -0.25) is 4.79 Å². The fourth-order valence-electron chi connectivity index (χ4n) is 2.05. The van der Waals surface area contributed by atoms with Gasteiger partial charge in [0.05, 0.1) is 16.3 Å². The van der Waals surface area contributed by atoms with Crippen molar-refractivity contribution in [3.63, 3.8) is 0 Å². The van der Waals surface area contributed by atoms with Gasteiger partial charge in [-0.25, -0.2) is 4.98 Å². The highest BCUT2D eigenvalue weighted by molar-refractivity contribution is 8.00. The zero-order valence-electron chi connectivity index (χ0n) is 12.5. The average molecular weight is 303 g/mol. The van der Waals surface area contributed by atoms with Crippen LogP contribution in [0.3, 0.4) is 0 Å². The summed E-state index contributed by atoms with van der Waals surface area (Å²) in [5.41, 5.74) is 2.02. The van der Waals surface area contributed by atoms with Crippen molar-refractivity contribution in [3.05, 3.63) is 36.9 Å².